The summed E-state index contributed by atoms with van der Waals surface area (Å²) in [7, 11) is 0. The number of furan rings is 1. The first kappa shape index (κ1) is 21.3. The van der Waals surface area contributed by atoms with E-state index < -0.39 is 5.97 Å². The molecule has 0 saturated carbocycles. The van der Waals surface area contributed by atoms with Crippen LogP contribution in [-0.2, 0) is 11.2 Å². The molecule has 0 unspecified atom stereocenters. The number of benzene rings is 4. The van der Waals surface area contributed by atoms with Crippen molar-refractivity contribution in [2.75, 3.05) is 11.9 Å². The predicted molar refractivity (Wildman–Crippen MR) is 134 cm³/mol. The number of hydrogen-bond donors (Lipinski definition) is 3. The molecule has 0 saturated heterocycles. The van der Waals surface area contributed by atoms with E-state index >= 15 is 0 Å². The summed E-state index contributed by atoms with van der Waals surface area (Å²) in [6, 6.07) is 31.6. The van der Waals surface area contributed by atoms with Crippen molar-refractivity contribution in [3.8, 4) is 28.0 Å². The highest BCUT2D eigenvalue weighted by Gasteiger charge is 2.16. The highest BCUT2D eigenvalue weighted by molar-refractivity contribution is 5.96. The van der Waals surface area contributed by atoms with E-state index in [4.69, 9.17) is 9.52 Å². The van der Waals surface area contributed by atoms with Gasteiger partial charge < -0.3 is 19.9 Å². The molecule has 168 valence electrons. The zero-order valence-corrected chi connectivity index (χ0v) is 18.4. The molecule has 0 radical (unpaired) electrons. The summed E-state index contributed by atoms with van der Waals surface area (Å²) in [4.78, 5) is 10.9. The highest BCUT2D eigenvalue weighted by atomic mass is 16.4. The Bertz CT molecular complexity index is 1450. The number of hydrogen-bond acceptors (Lipinski definition) is 4. The minimum Gasteiger partial charge on any atom is -0.506 e. The van der Waals surface area contributed by atoms with E-state index in [0.717, 1.165) is 39.0 Å². The van der Waals surface area contributed by atoms with Crippen LogP contribution in [0.1, 0.15) is 11.3 Å². The molecule has 34 heavy (non-hydrogen) atoms. The summed E-state index contributed by atoms with van der Waals surface area (Å²) >= 11 is 0. The third-order valence-electron chi connectivity index (χ3n) is 5.81. The fourth-order valence-electron chi connectivity index (χ4n) is 4.18. The maximum absolute atomic E-state index is 10.9. The van der Waals surface area contributed by atoms with Gasteiger partial charge in [-0.2, -0.15) is 0 Å². The van der Waals surface area contributed by atoms with E-state index in [0.29, 0.717) is 12.1 Å². The van der Waals surface area contributed by atoms with Crippen LogP contribution < -0.4 is 5.32 Å². The van der Waals surface area contributed by atoms with E-state index in [-0.39, 0.29) is 12.3 Å². The Balaban J connectivity index is 1.50. The number of rotatable bonds is 7. The van der Waals surface area contributed by atoms with E-state index in [9.17, 15) is 9.90 Å². The van der Waals surface area contributed by atoms with Gasteiger partial charge in [0.1, 0.15) is 23.6 Å². The van der Waals surface area contributed by atoms with Gasteiger partial charge in [0.15, 0.2) is 0 Å². The normalized spacial score (nSPS) is 10.9. The molecule has 0 aliphatic carbocycles. The van der Waals surface area contributed by atoms with Gasteiger partial charge in [0, 0.05) is 17.4 Å². The molecule has 5 nitrogen and oxygen atoms in total. The lowest BCUT2D eigenvalue weighted by molar-refractivity contribution is -0.134. The summed E-state index contributed by atoms with van der Waals surface area (Å²) in [5, 5.41) is 22.8. The molecular formula is C29H23NO4. The number of para-hydroxylation sites is 1. The molecule has 5 heteroatoms. The number of carbonyl (C=O) groups is 1. The van der Waals surface area contributed by atoms with Crippen LogP contribution >= 0.6 is 0 Å². The Labute approximate surface area is 196 Å². The average Bonchev–Trinajstić information content (AvgIpc) is 3.22. The van der Waals surface area contributed by atoms with Crippen molar-refractivity contribution >= 4 is 22.6 Å². The molecule has 3 N–H and O–H groups in total. The maximum Gasteiger partial charge on any atom is 0.322 e. The van der Waals surface area contributed by atoms with Crippen molar-refractivity contribution in [1.29, 1.82) is 0 Å². The number of anilines is 1. The van der Waals surface area contributed by atoms with Crippen LogP contribution in [0.4, 0.5) is 5.69 Å². The fourth-order valence-corrected chi connectivity index (χ4v) is 4.18. The van der Waals surface area contributed by atoms with Gasteiger partial charge in [-0.25, -0.2) is 0 Å². The van der Waals surface area contributed by atoms with E-state index in [1.54, 1.807) is 12.1 Å². The quantitative estimate of drug-likeness (QED) is 0.245. The first-order valence-corrected chi connectivity index (χ1v) is 11.0. The average molecular weight is 450 g/mol. The van der Waals surface area contributed by atoms with Crippen LogP contribution in [0.15, 0.2) is 101 Å². The molecule has 4 aromatic carbocycles. The molecule has 1 heterocycles. The molecule has 0 bridgehead atoms. The molecule has 1 aromatic heterocycles. The molecule has 0 spiro atoms. The van der Waals surface area contributed by atoms with Crippen molar-refractivity contribution in [3.05, 3.63) is 108 Å². The third-order valence-corrected chi connectivity index (χ3v) is 5.81. The van der Waals surface area contributed by atoms with Crippen molar-refractivity contribution in [2.24, 2.45) is 0 Å². The highest BCUT2D eigenvalue weighted by Crippen LogP contribution is 2.37. The largest absolute Gasteiger partial charge is 0.506 e. The maximum atomic E-state index is 10.9. The summed E-state index contributed by atoms with van der Waals surface area (Å²) in [6.07, 6.45) is 0.698. The van der Waals surface area contributed by atoms with Crippen LogP contribution in [0.25, 0.3) is 33.2 Å². The Hall–Kier alpha value is -4.51. The van der Waals surface area contributed by atoms with Crippen LogP contribution in [-0.4, -0.2) is 22.7 Å². The van der Waals surface area contributed by atoms with Crippen molar-refractivity contribution in [3.63, 3.8) is 0 Å². The van der Waals surface area contributed by atoms with Gasteiger partial charge in [0.05, 0.1) is 5.69 Å². The SMILES string of the molecule is O=C(O)CNc1cc(-c2ccc(-c3c(Cc4ccccc4)oc4ccccc34)cc2)ccc1O. The lowest BCUT2D eigenvalue weighted by Gasteiger charge is -2.10. The number of carboxylic acids is 1. The number of fused-ring (bicyclic) bond motifs is 1. The molecule has 5 rings (SSSR count). The minimum absolute atomic E-state index is 0.0111. The number of aliphatic carboxylic acids is 1. The number of carboxylic acid groups (broad SMARTS) is 1. The zero-order valence-electron chi connectivity index (χ0n) is 18.4. The first-order valence-electron chi connectivity index (χ1n) is 11.0. The second kappa shape index (κ2) is 9.16. The lowest BCUT2D eigenvalue weighted by atomic mass is 9.96. The van der Waals surface area contributed by atoms with E-state index in [2.05, 4.69) is 35.6 Å². The number of aromatic hydroxyl groups is 1. The summed E-state index contributed by atoms with van der Waals surface area (Å²) < 4.78 is 6.26. The first-order chi connectivity index (χ1) is 16.6. The van der Waals surface area contributed by atoms with Gasteiger partial charge in [-0.15, -0.1) is 0 Å². The molecule has 0 fully saturated rings. The van der Waals surface area contributed by atoms with Gasteiger partial charge in [0.2, 0.25) is 0 Å². The van der Waals surface area contributed by atoms with Crippen LogP contribution in [0, 0.1) is 0 Å². The van der Waals surface area contributed by atoms with Crippen molar-refractivity contribution in [2.45, 2.75) is 6.42 Å². The molecule has 0 aliphatic rings. The van der Waals surface area contributed by atoms with Gasteiger partial charge in [-0.3, -0.25) is 4.79 Å². The Kier molecular flexibility index (Phi) is 5.75. The topological polar surface area (TPSA) is 82.7 Å². The molecule has 0 atom stereocenters. The minimum atomic E-state index is -0.993. The summed E-state index contributed by atoms with van der Waals surface area (Å²) in [6.45, 7) is -0.270. The predicted octanol–water partition coefficient (Wildman–Crippen LogP) is 6.56. The van der Waals surface area contributed by atoms with E-state index in [1.165, 1.54) is 5.56 Å². The molecule has 0 aliphatic heterocycles. The molecule has 5 aromatic rings. The van der Waals surface area contributed by atoms with Gasteiger partial charge in [-0.1, -0.05) is 78.9 Å². The van der Waals surface area contributed by atoms with Crippen LogP contribution in [0.2, 0.25) is 0 Å². The Morgan fingerprint density at radius 2 is 1.47 bits per heavy atom. The standard InChI is InChI=1S/C29H23NO4/c31-25-15-14-22(17-24(25)30-18-28(32)33)20-10-12-21(13-11-20)29-23-8-4-5-9-26(23)34-27(29)16-19-6-2-1-3-7-19/h1-15,17,30-31H,16,18H2,(H,32,33). The van der Waals surface area contributed by atoms with Gasteiger partial charge in [-0.05, 0) is 40.5 Å². The third kappa shape index (κ3) is 4.36. The van der Waals surface area contributed by atoms with Crippen LogP contribution in [0.5, 0.6) is 5.75 Å². The number of phenols is 1. The smallest absolute Gasteiger partial charge is 0.322 e. The Morgan fingerprint density at radius 1 is 0.794 bits per heavy atom. The fraction of sp³-hybridized carbons (Fsp3) is 0.0690. The second-order valence-electron chi connectivity index (χ2n) is 8.12. The van der Waals surface area contributed by atoms with Gasteiger partial charge >= 0.3 is 5.97 Å². The van der Waals surface area contributed by atoms with Crippen molar-refractivity contribution < 1.29 is 19.4 Å². The number of phenolic OH excluding ortho intramolecular Hbond substituents is 1. The lowest BCUT2D eigenvalue weighted by Crippen LogP contribution is -2.12. The molecule has 0 amide bonds. The zero-order chi connectivity index (χ0) is 23.5. The second-order valence-corrected chi connectivity index (χ2v) is 8.12. The number of nitrogens with one attached hydrogen (secondary N) is 1. The monoisotopic (exact) mass is 449 g/mol. The van der Waals surface area contributed by atoms with Crippen molar-refractivity contribution in [1.82, 2.24) is 0 Å². The van der Waals surface area contributed by atoms with Gasteiger partial charge in [0.25, 0.3) is 0 Å². The Morgan fingerprint density at radius 3 is 2.24 bits per heavy atom. The summed E-state index contributed by atoms with van der Waals surface area (Å²) in [5.74, 6) is -0.0604. The summed E-state index contributed by atoms with van der Waals surface area (Å²) in [5.41, 5.74) is 6.40. The molecular weight excluding hydrogens is 426 g/mol. The van der Waals surface area contributed by atoms with E-state index in [1.807, 2.05) is 54.6 Å². The van der Waals surface area contributed by atoms with Crippen LogP contribution in [0.3, 0.4) is 0 Å².